The zero-order valence-corrected chi connectivity index (χ0v) is 14.6. The van der Waals surface area contributed by atoms with E-state index in [0.29, 0.717) is 17.9 Å². The monoisotopic (exact) mass is 352 g/mol. The molecule has 0 aliphatic carbocycles. The molecular weight excluding hydrogens is 332 g/mol. The largest absolute Gasteiger partial charge is 0.497 e. The van der Waals surface area contributed by atoms with E-state index in [9.17, 15) is 9.59 Å². The van der Waals surface area contributed by atoms with E-state index >= 15 is 0 Å². The molecule has 7 heteroatoms. The summed E-state index contributed by atoms with van der Waals surface area (Å²) in [6.45, 7) is 0.313. The summed E-state index contributed by atoms with van der Waals surface area (Å²) in [7, 11) is 3.45. The number of carbonyl (C=O) groups excluding carboxylic acids is 2. The van der Waals surface area contributed by atoms with Gasteiger partial charge < -0.3 is 14.6 Å². The van der Waals surface area contributed by atoms with Gasteiger partial charge in [0.25, 0.3) is 5.91 Å². The Hall–Kier alpha value is -3.48. The van der Waals surface area contributed by atoms with Crippen LogP contribution in [0.2, 0.25) is 0 Å². The zero-order chi connectivity index (χ0) is 18.5. The highest BCUT2D eigenvalue weighted by Gasteiger charge is 2.14. The molecule has 0 aliphatic heterocycles. The number of nitrogens with one attached hydrogen (secondary N) is 3. The molecule has 0 saturated heterocycles. The number of benzene rings is 2. The molecule has 2 aromatic carbocycles. The van der Waals surface area contributed by atoms with Gasteiger partial charge in [0.1, 0.15) is 5.75 Å². The predicted octanol–water partition coefficient (Wildman–Crippen LogP) is 2.33. The lowest BCUT2D eigenvalue weighted by Crippen LogP contribution is -2.46. The van der Waals surface area contributed by atoms with Gasteiger partial charge >= 0.3 is 6.03 Å². The first-order valence-electron chi connectivity index (χ1n) is 8.09. The molecule has 26 heavy (non-hydrogen) atoms. The molecular formula is C19H20N4O3. The Morgan fingerprint density at radius 3 is 2.69 bits per heavy atom. The number of hydrazine groups is 1. The van der Waals surface area contributed by atoms with E-state index < -0.39 is 6.03 Å². The number of rotatable bonds is 4. The number of ether oxygens (including phenoxy) is 1. The number of urea groups is 1. The maximum absolute atomic E-state index is 12.4. The second kappa shape index (κ2) is 7.60. The molecule has 3 N–H and O–H groups in total. The molecule has 0 atom stereocenters. The Morgan fingerprint density at radius 2 is 1.88 bits per heavy atom. The summed E-state index contributed by atoms with van der Waals surface area (Å²) in [6, 6.07) is 14.5. The smallest absolute Gasteiger partial charge is 0.333 e. The van der Waals surface area contributed by atoms with Gasteiger partial charge in [-0.1, -0.05) is 30.3 Å². The van der Waals surface area contributed by atoms with E-state index in [4.69, 9.17) is 4.74 Å². The molecule has 3 amide bonds. The van der Waals surface area contributed by atoms with Gasteiger partial charge in [0, 0.05) is 30.7 Å². The third-order valence-corrected chi connectivity index (χ3v) is 4.02. The minimum absolute atomic E-state index is 0.313. The SMILES string of the molecule is COc1cccc(CNC(=O)NNC(=O)c2cn(C)c3ccccc23)c1. The van der Waals surface area contributed by atoms with Crippen molar-refractivity contribution in [3.05, 3.63) is 65.9 Å². The van der Waals surface area contributed by atoms with Crippen LogP contribution < -0.4 is 20.9 Å². The molecule has 0 bridgehead atoms. The fourth-order valence-electron chi connectivity index (χ4n) is 2.71. The van der Waals surface area contributed by atoms with Crippen molar-refractivity contribution in [3.8, 4) is 5.75 Å². The van der Waals surface area contributed by atoms with E-state index in [1.54, 1.807) is 13.3 Å². The third kappa shape index (κ3) is 3.77. The maximum atomic E-state index is 12.4. The summed E-state index contributed by atoms with van der Waals surface area (Å²) in [4.78, 5) is 24.3. The van der Waals surface area contributed by atoms with Gasteiger partial charge in [-0.3, -0.25) is 10.2 Å². The lowest BCUT2D eigenvalue weighted by Gasteiger charge is -2.09. The van der Waals surface area contributed by atoms with Crippen LogP contribution in [0.4, 0.5) is 4.79 Å². The Bertz CT molecular complexity index is 949. The summed E-state index contributed by atoms with van der Waals surface area (Å²) < 4.78 is 7.01. The van der Waals surface area contributed by atoms with E-state index in [1.807, 2.05) is 60.1 Å². The number of hydrogen-bond donors (Lipinski definition) is 3. The normalized spacial score (nSPS) is 10.4. The summed E-state index contributed by atoms with van der Waals surface area (Å²) in [6.07, 6.45) is 1.73. The molecule has 0 fully saturated rings. The van der Waals surface area contributed by atoms with Gasteiger partial charge in [0.2, 0.25) is 0 Å². The first-order valence-corrected chi connectivity index (χ1v) is 8.09. The fraction of sp³-hybridized carbons (Fsp3) is 0.158. The number of aryl methyl sites for hydroxylation is 1. The predicted molar refractivity (Wildman–Crippen MR) is 98.8 cm³/mol. The molecule has 0 saturated carbocycles. The molecule has 1 aromatic heterocycles. The first kappa shape index (κ1) is 17.3. The van der Waals surface area contributed by atoms with E-state index in [-0.39, 0.29) is 5.91 Å². The molecule has 1 heterocycles. The second-order valence-corrected chi connectivity index (χ2v) is 5.78. The summed E-state index contributed by atoms with van der Waals surface area (Å²) in [5.74, 6) is 0.340. The molecule has 0 aliphatic rings. The van der Waals surface area contributed by atoms with Crippen LogP contribution in [-0.4, -0.2) is 23.6 Å². The highest BCUT2D eigenvalue weighted by Crippen LogP contribution is 2.19. The molecule has 134 valence electrons. The third-order valence-electron chi connectivity index (χ3n) is 4.02. The minimum Gasteiger partial charge on any atom is -0.497 e. The summed E-state index contributed by atoms with van der Waals surface area (Å²) in [5, 5.41) is 3.50. The summed E-state index contributed by atoms with van der Waals surface area (Å²) in [5.41, 5.74) is 7.12. The van der Waals surface area contributed by atoms with Crippen molar-refractivity contribution in [1.29, 1.82) is 0 Å². The number of amides is 3. The second-order valence-electron chi connectivity index (χ2n) is 5.78. The van der Waals surface area contributed by atoms with Crippen LogP contribution in [0.25, 0.3) is 10.9 Å². The van der Waals surface area contributed by atoms with Gasteiger partial charge in [0.15, 0.2) is 0 Å². The van der Waals surface area contributed by atoms with Crippen molar-refractivity contribution in [1.82, 2.24) is 20.7 Å². The number of fused-ring (bicyclic) bond motifs is 1. The van der Waals surface area contributed by atoms with E-state index in [1.165, 1.54) is 0 Å². The van der Waals surface area contributed by atoms with Gasteiger partial charge in [-0.05, 0) is 23.8 Å². The number of hydrogen-bond acceptors (Lipinski definition) is 3. The van der Waals surface area contributed by atoms with E-state index in [0.717, 1.165) is 16.5 Å². The van der Waals surface area contributed by atoms with Crippen molar-refractivity contribution in [2.75, 3.05) is 7.11 Å². The van der Waals surface area contributed by atoms with Crippen LogP contribution in [0.15, 0.2) is 54.7 Å². The average Bonchev–Trinajstić information content (AvgIpc) is 3.02. The molecule has 7 nitrogen and oxygen atoms in total. The van der Waals surface area contributed by atoms with Crippen molar-refractivity contribution in [3.63, 3.8) is 0 Å². The Labute approximate surface area is 150 Å². The van der Waals surface area contributed by atoms with Crippen molar-refractivity contribution in [2.24, 2.45) is 7.05 Å². The maximum Gasteiger partial charge on any atom is 0.333 e. The van der Waals surface area contributed by atoms with Gasteiger partial charge in [-0.25, -0.2) is 10.2 Å². The number of aromatic nitrogens is 1. The van der Waals surface area contributed by atoms with Crippen molar-refractivity contribution >= 4 is 22.8 Å². The average molecular weight is 352 g/mol. The minimum atomic E-state index is -0.499. The van der Waals surface area contributed by atoms with Crippen LogP contribution in [0, 0.1) is 0 Å². The van der Waals surface area contributed by atoms with Crippen molar-refractivity contribution < 1.29 is 14.3 Å². The van der Waals surface area contributed by atoms with Crippen LogP contribution in [0.1, 0.15) is 15.9 Å². The van der Waals surface area contributed by atoms with Gasteiger partial charge in [-0.15, -0.1) is 0 Å². The van der Waals surface area contributed by atoms with Gasteiger partial charge in [-0.2, -0.15) is 0 Å². The Balaban J connectivity index is 1.56. The molecule has 0 spiro atoms. The number of para-hydroxylation sites is 1. The van der Waals surface area contributed by atoms with Crippen LogP contribution in [0.5, 0.6) is 5.75 Å². The molecule has 0 radical (unpaired) electrons. The van der Waals surface area contributed by atoms with E-state index in [2.05, 4.69) is 16.2 Å². The number of nitrogens with zero attached hydrogens (tertiary/aromatic N) is 1. The summed E-state index contributed by atoms with van der Waals surface area (Å²) >= 11 is 0. The lowest BCUT2D eigenvalue weighted by atomic mass is 10.2. The zero-order valence-electron chi connectivity index (χ0n) is 14.6. The topological polar surface area (TPSA) is 84.4 Å². The highest BCUT2D eigenvalue weighted by atomic mass is 16.5. The number of methoxy groups -OCH3 is 1. The Kier molecular flexibility index (Phi) is 5.07. The van der Waals surface area contributed by atoms with Crippen LogP contribution >= 0.6 is 0 Å². The van der Waals surface area contributed by atoms with Crippen LogP contribution in [-0.2, 0) is 13.6 Å². The quantitative estimate of drug-likeness (QED) is 0.630. The Morgan fingerprint density at radius 1 is 1.08 bits per heavy atom. The van der Waals surface area contributed by atoms with Gasteiger partial charge in [0.05, 0.1) is 12.7 Å². The standard InChI is InChI=1S/C19H20N4O3/c1-23-12-16(15-8-3-4-9-17(15)23)18(24)21-22-19(25)20-11-13-6-5-7-14(10-13)26-2/h3-10,12H,11H2,1-2H3,(H,21,24)(H2,20,22,25). The van der Waals surface area contributed by atoms with Crippen LogP contribution in [0.3, 0.4) is 0 Å². The molecule has 3 aromatic rings. The molecule has 0 unspecified atom stereocenters. The highest BCUT2D eigenvalue weighted by molar-refractivity contribution is 6.07. The molecule has 3 rings (SSSR count). The fourth-order valence-corrected chi connectivity index (χ4v) is 2.71. The first-order chi connectivity index (χ1) is 12.6. The lowest BCUT2D eigenvalue weighted by molar-refractivity contribution is 0.0937. The number of carbonyl (C=O) groups is 2. The van der Waals surface area contributed by atoms with Crippen molar-refractivity contribution in [2.45, 2.75) is 6.54 Å².